The van der Waals surface area contributed by atoms with Crippen LogP contribution in [0.2, 0.25) is 0 Å². The topological polar surface area (TPSA) is 90.7 Å². The number of esters is 2. The van der Waals surface area contributed by atoms with Gasteiger partial charge in [-0.15, -0.1) is 0 Å². The molecule has 0 unspecified atom stereocenters. The number of benzene rings is 3. The van der Waals surface area contributed by atoms with E-state index in [9.17, 15) is 14.0 Å². The van der Waals surface area contributed by atoms with E-state index < -0.39 is 11.9 Å². The van der Waals surface area contributed by atoms with Crippen molar-refractivity contribution < 1.29 is 23.5 Å². The summed E-state index contributed by atoms with van der Waals surface area (Å²) in [6.45, 7) is 0. The monoisotopic (exact) mass is 648 g/mol. The molecule has 0 aromatic heterocycles. The fourth-order valence-corrected chi connectivity index (χ4v) is 3.43. The second-order valence-corrected chi connectivity index (χ2v) is 8.53. The zero-order chi connectivity index (χ0) is 23.0. The Kier molecular flexibility index (Phi) is 9.49. The Bertz CT molecular complexity index is 1080. The molecule has 0 heterocycles. The minimum atomic E-state index is -0.416. The van der Waals surface area contributed by atoms with Crippen LogP contribution < -0.4 is 11.1 Å². The van der Waals surface area contributed by atoms with Crippen molar-refractivity contribution in [3.8, 4) is 0 Å². The van der Waals surface area contributed by atoms with Gasteiger partial charge in [-0.25, -0.2) is 14.0 Å². The summed E-state index contributed by atoms with van der Waals surface area (Å²) in [4.78, 5) is 22.7. The Labute approximate surface area is 206 Å². The van der Waals surface area contributed by atoms with Gasteiger partial charge in [0.2, 0.25) is 0 Å². The Hall–Kier alpha value is -2.41. The van der Waals surface area contributed by atoms with Gasteiger partial charge < -0.3 is 20.5 Å². The molecule has 3 aromatic carbocycles. The van der Waals surface area contributed by atoms with Gasteiger partial charge in [-0.3, -0.25) is 0 Å². The van der Waals surface area contributed by atoms with Crippen LogP contribution in [0.4, 0.5) is 21.5 Å². The van der Waals surface area contributed by atoms with Crippen LogP contribution in [-0.2, 0) is 9.47 Å². The molecule has 3 aromatic rings. The number of ether oxygens (including phenoxy) is 2. The number of hydrogen-bond acceptors (Lipinski definition) is 6. The maximum absolute atomic E-state index is 12.8. The molecule has 9 heteroatoms. The number of carbonyl (C=O) groups is 2. The van der Waals surface area contributed by atoms with Gasteiger partial charge in [-0.1, -0.05) is 0 Å². The van der Waals surface area contributed by atoms with Crippen LogP contribution >= 0.6 is 45.2 Å². The number of hydrogen-bond donors (Lipinski definition) is 2. The lowest BCUT2D eigenvalue weighted by Gasteiger charge is -2.11. The molecule has 0 aliphatic heterocycles. The van der Waals surface area contributed by atoms with Gasteiger partial charge in [-0.2, -0.15) is 0 Å². The summed E-state index contributed by atoms with van der Waals surface area (Å²) >= 11 is 4.28. The molecule has 0 aliphatic carbocycles. The van der Waals surface area contributed by atoms with Gasteiger partial charge >= 0.3 is 11.9 Å². The average Bonchev–Trinajstić information content (AvgIpc) is 2.75. The van der Waals surface area contributed by atoms with E-state index in [2.05, 4.69) is 55.2 Å². The van der Waals surface area contributed by atoms with Crippen LogP contribution in [0.5, 0.6) is 0 Å². The fourth-order valence-electron chi connectivity index (χ4n) is 2.43. The van der Waals surface area contributed by atoms with Gasteiger partial charge in [0.1, 0.15) is 5.82 Å². The van der Waals surface area contributed by atoms with Crippen molar-refractivity contribution >= 4 is 74.2 Å². The predicted molar refractivity (Wildman–Crippen MR) is 135 cm³/mol. The first kappa shape index (κ1) is 24.9. The standard InChI is InChI=1S/C14H11FINO2.C8H8INO2/c1-19-14(18)12-7-4-10(16)8-13(12)17-11-5-2-9(15)3-6-11;1-12-8(11)6-3-2-5(9)4-7(6)10/h2-8,17H,1H3;2-4H,10H2,1H3. The second-order valence-electron chi connectivity index (χ2n) is 6.04. The largest absolute Gasteiger partial charge is 0.465 e. The van der Waals surface area contributed by atoms with E-state index in [1.165, 1.54) is 26.4 Å². The van der Waals surface area contributed by atoms with Crippen molar-refractivity contribution in [2.24, 2.45) is 0 Å². The van der Waals surface area contributed by atoms with Crippen LogP contribution in [0.25, 0.3) is 0 Å². The van der Waals surface area contributed by atoms with E-state index in [1.807, 2.05) is 18.2 Å². The highest BCUT2D eigenvalue weighted by Gasteiger charge is 2.12. The molecule has 162 valence electrons. The SMILES string of the molecule is COC(=O)c1ccc(I)cc1N.COC(=O)c1ccc(I)cc1Nc1ccc(F)cc1. The zero-order valence-corrected chi connectivity index (χ0v) is 20.9. The number of methoxy groups -OCH3 is 2. The summed E-state index contributed by atoms with van der Waals surface area (Å²) in [5.74, 6) is -1.12. The third-order valence-corrected chi connectivity index (χ3v) is 5.27. The van der Waals surface area contributed by atoms with Crippen molar-refractivity contribution in [2.75, 3.05) is 25.3 Å². The van der Waals surface area contributed by atoms with Crippen molar-refractivity contribution in [1.82, 2.24) is 0 Å². The molecule has 6 nitrogen and oxygen atoms in total. The van der Waals surface area contributed by atoms with Gasteiger partial charge in [-0.05, 0) is 106 Å². The number of anilines is 3. The summed E-state index contributed by atoms with van der Waals surface area (Å²) in [5, 5.41) is 3.08. The normalized spacial score (nSPS) is 9.84. The zero-order valence-electron chi connectivity index (χ0n) is 16.6. The molecule has 3 N–H and O–H groups in total. The Morgan fingerprint density at radius 1 is 0.839 bits per heavy atom. The lowest BCUT2D eigenvalue weighted by Crippen LogP contribution is -2.06. The quantitative estimate of drug-likeness (QED) is 0.217. The van der Waals surface area contributed by atoms with E-state index in [-0.39, 0.29) is 5.82 Å². The smallest absolute Gasteiger partial charge is 0.339 e. The van der Waals surface area contributed by atoms with E-state index >= 15 is 0 Å². The summed E-state index contributed by atoms with van der Waals surface area (Å²) in [5.41, 5.74) is 8.23. The maximum Gasteiger partial charge on any atom is 0.339 e. The summed E-state index contributed by atoms with van der Waals surface area (Å²) < 4.78 is 24.1. The molecule has 0 spiro atoms. The highest BCUT2D eigenvalue weighted by atomic mass is 127. The molecule has 3 rings (SSSR count). The summed E-state index contributed by atoms with van der Waals surface area (Å²) in [6, 6.07) is 16.5. The predicted octanol–water partition coefficient (Wildman–Crippen LogP) is 5.62. The lowest BCUT2D eigenvalue weighted by atomic mass is 10.1. The lowest BCUT2D eigenvalue weighted by molar-refractivity contribution is 0.0593. The van der Waals surface area contributed by atoms with E-state index in [4.69, 9.17) is 10.5 Å². The third kappa shape index (κ3) is 7.35. The number of nitrogen functional groups attached to an aromatic ring is 1. The molecular formula is C22H19FI2N2O4. The third-order valence-electron chi connectivity index (χ3n) is 3.93. The molecule has 0 aliphatic rings. The minimum Gasteiger partial charge on any atom is -0.465 e. The fraction of sp³-hybridized carbons (Fsp3) is 0.0909. The van der Waals surface area contributed by atoms with Crippen molar-refractivity contribution in [3.63, 3.8) is 0 Å². The first-order valence-corrected chi connectivity index (χ1v) is 10.9. The van der Waals surface area contributed by atoms with E-state index in [1.54, 1.807) is 30.3 Å². The number of nitrogens with one attached hydrogen (secondary N) is 1. The molecule has 0 bridgehead atoms. The number of nitrogens with two attached hydrogens (primary N) is 1. The van der Waals surface area contributed by atoms with Crippen molar-refractivity contribution in [3.05, 3.63) is 84.7 Å². The summed E-state index contributed by atoms with van der Waals surface area (Å²) in [6.07, 6.45) is 0. The number of carbonyl (C=O) groups excluding carboxylic acids is 2. The molecule has 0 atom stereocenters. The Balaban J connectivity index is 0.000000245. The molecule has 0 fully saturated rings. The van der Waals surface area contributed by atoms with E-state index in [0.29, 0.717) is 28.2 Å². The van der Waals surface area contributed by atoms with Gasteiger partial charge in [0.15, 0.2) is 0 Å². The molecule has 0 saturated heterocycles. The van der Waals surface area contributed by atoms with Crippen LogP contribution in [0.3, 0.4) is 0 Å². The second kappa shape index (κ2) is 11.8. The van der Waals surface area contributed by atoms with Crippen molar-refractivity contribution in [1.29, 1.82) is 0 Å². The Morgan fingerprint density at radius 2 is 1.35 bits per heavy atom. The minimum absolute atomic E-state index is 0.304. The van der Waals surface area contributed by atoms with E-state index in [0.717, 1.165) is 7.14 Å². The molecular weight excluding hydrogens is 629 g/mol. The van der Waals surface area contributed by atoms with Gasteiger partial charge in [0.05, 0.1) is 31.0 Å². The highest BCUT2D eigenvalue weighted by Crippen LogP contribution is 2.24. The summed E-state index contributed by atoms with van der Waals surface area (Å²) in [7, 11) is 2.67. The molecule has 31 heavy (non-hydrogen) atoms. The van der Waals surface area contributed by atoms with Crippen LogP contribution in [-0.4, -0.2) is 26.2 Å². The highest BCUT2D eigenvalue weighted by molar-refractivity contribution is 14.1. The van der Waals surface area contributed by atoms with Gasteiger partial charge in [0, 0.05) is 18.5 Å². The molecule has 0 amide bonds. The van der Waals surface area contributed by atoms with Crippen molar-refractivity contribution in [2.45, 2.75) is 0 Å². The number of halogens is 3. The Morgan fingerprint density at radius 3 is 1.90 bits per heavy atom. The maximum atomic E-state index is 12.8. The van der Waals surface area contributed by atoms with Crippen LogP contribution in [0, 0.1) is 13.0 Å². The average molecular weight is 648 g/mol. The van der Waals surface area contributed by atoms with Crippen LogP contribution in [0.1, 0.15) is 20.7 Å². The molecule has 0 radical (unpaired) electrons. The molecule has 0 saturated carbocycles. The van der Waals surface area contributed by atoms with Crippen LogP contribution in [0.15, 0.2) is 60.7 Å². The first-order chi connectivity index (χ1) is 14.7. The first-order valence-electron chi connectivity index (χ1n) is 8.79. The number of rotatable bonds is 4. The van der Waals surface area contributed by atoms with Gasteiger partial charge in [0.25, 0.3) is 0 Å².